The molecule has 0 fully saturated rings. The van der Waals surface area contributed by atoms with Crippen LogP contribution in [0.15, 0.2) is 4.99 Å². The first-order chi connectivity index (χ1) is 6.74. The summed E-state index contributed by atoms with van der Waals surface area (Å²) in [5.74, 6) is -0.253. The Bertz CT molecular complexity index is 234. The van der Waals surface area contributed by atoms with E-state index in [4.69, 9.17) is 10.1 Å². The summed E-state index contributed by atoms with van der Waals surface area (Å²) in [6.07, 6.45) is 2.83. The van der Waals surface area contributed by atoms with Gasteiger partial charge in [-0.3, -0.25) is 0 Å². The summed E-state index contributed by atoms with van der Waals surface area (Å²) >= 11 is 0. The van der Waals surface area contributed by atoms with Crippen molar-refractivity contribution in [3.05, 3.63) is 0 Å². The minimum absolute atomic E-state index is 0.253. The summed E-state index contributed by atoms with van der Waals surface area (Å²) in [6.45, 7) is 6.98. The van der Waals surface area contributed by atoms with E-state index in [0.717, 1.165) is 0 Å². The Kier molecular flexibility index (Phi) is 5.18. The number of rotatable bonds is 6. The Balaban J connectivity index is 4.31. The summed E-state index contributed by atoms with van der Waals surface area (Å²) in [5.41, 5.74) is -1.64. The van der Waals surface area contributed by atoms with Crippen molar-refractivity contribution in [3.8, 4) is 0 Å². The Morgan fingerprint density at radius 3 is 2.27 bits per heavy atom. The fraction of sp³-hybridized carbons (Fsp3) is 0.800. The molecule has 0 amide bonds. The molecule has 0 aromatic rings. The quantitative estimate of drug-likeness (QED) is 0.513. The van der Waals surface area contributed by atoms with Gasteiger partial charge in [0, 0.05) is 19.1 Å². The minimum atomic E-state index is -0.945. The van der Waals surface area contributed by atoms with Crippen molar-refractivity contribution in [2.24, 2.45) is 4.99 Å². The molecule has 0 aliphatic carbocycles. The molecule has 0 aromatic heterocycles. The van der Waals surface area contributed by atoms with Crippen molar-refractivity contribution >= 4 is 19.9 Å². The summed E-state index contributed by atoms with van der Waals surface area (Å²) in [4.78, 5) is 3.82. The Morgan fingerprint density at radius 2 is 1.93 bits per heavy atom. The van der Waals surface area contributed by atoms with Gasteiger partial charge in [-0.05, 0) is 33.9 Å². The fourth-order valence-electron chi connectivity index (χ4n) is 0.682. The van der Waals surface area contributed by atoms with Crippen LogP contribution in [-0.2, 0) is 4.65 Å². The van der Waals surface area contributed by atoms with Crippen LogP contribution in [-0.4, -0.2) is 43.3 Å². The smallest absolute Gasteiger partial charge is 0.308 e. The third kappa shape index (κ3) is 4.58. The zero-order chi connectivity index (χ0) is 12.1. The highest BCUT2D eigenvalue weighted by Gasteiger charge is 2.36. The van der Waals surface area contributed by atoms with E-state index in [1.165, 1.54) is 13.7 Å². The van der Waals surface area contributed by atoms with E-state index in [2.05, 4.69) is 4.99 Å². The molecule has 1 unspecified atom stereocenters. The van der Waals surface area contributed by atoms with Gasteiger partial charge in [-0.25, -0.2) is 0 Å². The number of nitrogens with zero attached hydrogens (tertiary/aromatic N) is 1. The number of aliphatic hydroxyl groups is 1. The standard InChI is InChI=1S/C10H20BN2O2/c1-9(2,14)10(3,4)15-11-8(6-12)7-13-5/h6-8,12,14H,1-5H3. The van der Waals surface area contributed by atoms with E-state index in [1.54, 1.807) is 41.0 Å². The number of hydrogen-bond donors (Lipinski definition) is 2. The van der Waals surface area contributed by atoms with Gasteiger partial charge in [0.1, 0.15) is 0 Å². The number of aliphatic imine (C=N–C) groups is 1. The highest BCUT2D eigenvalue weighted by molar-refractivity contribution is 6.42. The molecule has 4 nitrogen and oxygen atoms in total. The minimum Gasteiger partial charge on any atom is -0.432 e. The van der Waals surface area contributed by atoms with Crippen LogP contribution in [0.1, 0.15) is 27.7 Å². The van der Waals surface area contributed by atoms with Crippen molar-refractivity contribution in [1.29, 1.82) is 5.41 Å². The van der Waals surface area contributed by atoms with Crippen molar-refractivity contribution in [3.63, 3.8) is 0 Å². The summed E-state index contributed by atoms with van der Waals surface area (Å²) < 4.78 is 5.48. The lowest BCUT2D eigenvalue weighted by Gasteiger charge is -2.38. The molecule has 0 saturated heterocycles. The summed E-state index contributed by atoms with van der Waals surface area (Å²) in [6, 6.07) is 0. The highest BCUT2D eigenvalue weighted by atomic mass is 16.5. The van der Waals surface area contributed by atoms with Crippen molar-refractivity contribution in [1.82, 2.24) is 0 Å². The van der Waals surface area contributed by atoms with E-state index in [1.807, 2.05) is 0 Å². The predicted octanol–water partition coefficient (Wildman–Crippen LogP) is 1.31. The molecule has 0 heterocycles. The maximum absolute atomic E-state index is 9.83. The molecule has 5 heteroatoms. The molecule has 15 heavy (non-hydrogen) atoms. The van der Waals surface area contributed by atoms with Gasteiger partial charge in [-0.1, -0.05) is 0 Å². The van der Waals surface area contributed by atoms with Crippen molar-refractivity contribution < 1.29 is 9.76 Å². The molecule has 0 spiro atoms. The molecule has 1 radical (unpaired) electrons. The third-order valence-corrected chi connectivity index (χ3v) is 2.51. The molecule has 0 bridgehead atoms. The van der Waals surface area contributed by atoms with Gasteiger partial charge < -0.3 is 20.2 Å². The van der Waals surface area contributed by atoms with Gasteiger partial charge in [0.15, 0.2) is 0 Å². The SMILES string of the molecule is CN=CC([B]OC(C)(C)C(C)(C)O)C=N. The van der Waals surface area contributed by atoms with Crippen LogP contribution < -0.4 is 0 Å². The van der Waals surface area contributed by atoms with Crippen LogP contribution >= 0.6 is 0 Å². The second kappa shape index (κ2) is 5.42. The number of hydrogen-bond acceptors (Lipinski definition) is 4. The highest BCUT2D eigenvalue weighted by Crippen LogP contribution is 2.25. The molecule has 1 atom stereocenters. The normalized spacial score (nSPS) is 15.3. The van der Waals surface area contributed by atoms with Crippen LogP contribution in [0.25, 0.3) is 0 Å². The maximum atomic E-state index is 9.83. The average molecular weight is 211 g/mol. The second-order valence-electron chi connectivity index (χ2n) is 4.47. The molecule has 0 rings (SSSR count). The van der Waals surface area contributed by atoms with E-state index >= 15 is 0 Å². The van der Waals surface area contributed by atoms with Crippen molar-refractivity contribution in [2.45, 2.75) is 44.7 Å². The van der Waals surface area contributed by atoms with Crippen LogP contribution in [0.4, 0.5) is 0 Å². The van der Waals surface area contributed by atoms with Gasteiger partial charge >= 0.3 is 7.48 Å². The van der Waals surface area contributed by atoms with E-state index in [0.29, 0.717) is 0 Å². The van der Waals surface area contributed by atoms with Crippen LogP contribution in [0.2, 0.25) is 5.82 Å². The lowest BCUT2D eigenvalue weighted by molar-refractivity contribution is -0.0903. The molecule has 0 saturated carbocycles. The zero-order valence-electron chi connectivity index (χ0n) is 10.1. The molecule has 2 N–H and O–H groups in total. The van der Waals surface area contributed by atoms with Gasteiger partial charge in [0.05, 0.1) is 11.2 Å². The first-order valence-electron chi connectivity index (χ1n) is 4.91. The molecular weight excluding hydrogens is 191 g/mol. The predicted molar refractivity (Wildman–Crippen MR) is 64.2 cm³/mol. The molecule has 0 aliphatic heterocycles. The van der Waals surface area contributed by atoms with Crippen LogP contribution in [0.5, 0.6) is 0 Å². The molecular formula is C10H20BN2O2. The lowest BCUT2D eigenvalue weighted by Crippen LogP contribution is -2.48. The van der Waals surface area contributed by atoms with E-state index in [-0.39, 0.29) is 5.82 Å². The van der Waals surface area contributed by atoms with Gasteiger partial charge in [-0.2, -0.15) is 0 Å². The first-order valence-corrected chi connectivity index (χ1v) is 4.91. The largest absolute Gasteiger partial charge is 0.432 e. The maximum Gasteiger partial charge on any atom is 0.308 e. The molecule has 85 valence electrons. The summed E-state index contributed by atoms with van der Waals surface area (Å²) in [7, 11) is 3.16. The number of nitrogens with one attached hydrogen (secondary N) is 1. The second-order valence-corrected chi connectivity index (χ2v) is 4.47. The van der Waals surface area contributed by atoms with Crippen LogP contribution in [0.3, 0.4) is 0 Å². The van der Waals surface area contributed by atoms with Gasteiger partial charge in [0.25, 0.3) is 0 Å². The average Bonchev–Trinajstić information content (AvgIpc) is 2.10. The third-order valence-electron chi connectivity index (χ3n) is 2.51. The van der Waals surface area contributed by atoms with Gasteiger partial charge in [-0.15, -0.1) is 0 Å². The topological polar surface area (TPSA) is 65.7 Å². The Hall–Kier alpha value is -0.675. The van der Waals surface area contributed by atoms with Gasteiger partial charge in [0.2, 0.25) is 0 Å². The van der Waals surface area contributed by atoms with E-state index < -0.39 is 11.2 Å². The molecule has 0 aromatic carbocycles. The van der Waals surface area contributed by atoms with Crippen LogP contribution in [0, 0.1) is 5.41 Å². The first kappa shape index (κ1) is 14.3. The lowest BCUT2D eigenvalue weighted by atomic mass is 9.79. The fourth-order valence-corrected chi connectivity index (χ4v) is 0.682. The van der Waals surface area contributed by atoms with E-state index in [9.17, 15) is 5.11 Å². The molecule has 0 aliphatic rings. The monoisotopic (exact) mass is 211 g/mol. The zero-order valence-corrected chi connectivity index (χ0v) is 10.1. The van der Waals surface area contributed by atoms with Crippen molar-refractivity contribution in [2.75, 3.05) is 7.05 Å². The Morgan fingerprint density at radius 1 is 1.40 bits per heavy atom. The Labute approximate surface area is 92.5 Å². The summed E-state index contributed by atoms with van der Waals surface area (Å²) in [5, 5.41) is 17.0.